The number of hydrogen-bond donors (Lipinski definition) is 1. The number of halogens is 2. The maximum Gasteiger partial charge on any atom is 0.255 e. The van der Waals surface area contributed by atoms with E-state index in [1.54, 1.807) is 50.2 Å². The first-order valence-electron chi connectivity index (χ1n) is 13.1. The van der Waals surface area contributed by atoms with Crippen molar-refractivity contribution >= 4 is 45.3 Å². The van der Waals surface area contributed by atoms with Crippen LogP contribution in [0, 0.1) is 20.8 Å². The van der Waals surface area contributed by atoms with Gasteiger partial charge in [0.1, 0.15) is 12.4 Å². The number of carbonyl (C=O) groups is 1. The van der Waals surface area contributed by atoms with Crippen molar-refractivity contribution in [2.45, 2.75) is 38.8 Å². The molecule has 218 valence electrons. The molecule has 0 aliphatic carbocycles. The Morgan fingerprint density at radius 2 is 1.55 bits per heavy atom. The number of para-hydroxylation sites is 1. The van der Waals surface area contributed by atoms with E-state index >= 15 is 0 Å². The highest BCUT2D eigenvalue weighted by Crippen LogP contribution is 2.28. The van der Waals surface area contributed by atoms with Crippen molar-refractivity contribution in [3.63, 3.8) is 0 Å². The largest absolute Gasteiger partial charge is 0.488 e. The second-order valence-corrected chi connectivity index (χ2v) is 12.5. The molecule has 10 heteroatoms. The zero-order chi connectivity index (χ0) is 30.3. The third kappa shape index (κ3) is 7.98. The fraction of sp³-hybridized carbons (Fsp3) is 0.188. The lowest BCUT2D eigenvalue weighted by atomic mass is 10.1. The summed E-state index contributed by atoms with van der Waals surface area (Å²) in [7, 11) is -4.09. The molecule has 0 fully saturated rings. The van der Waals surface area contributed by atoms with Crippen LogP contribution >= 0.6 is 23.2 Å². The lowest BCUT2D eigenvalue weighted by Crippen LogP contribution is -2.39. The summed E-state index contributed by atoms with van der Waals surface area (Å²) in [6, 6.07) is 25.5. The first-order valence-corrected chi connectivity index (χ1v) is 15.3. The molecule has 0 atom stereocenters. The summed E-state index contributed by atoms with van der Waals surface area (Å²) in [5.41, 5.74) is 6.83. The van der Waals surface area contributed by atoms with Gasteiger partial charge in [-0.05, 0) is 67.3 Å². The number of nitrogens with one attached hydrogen (secondary N) is 1. The highest BCUT2D eigenvalue weighted by Gasteiger charge is 2.30. The monoisotopic (exact) mass is 623 g/mol. The smallest absolute Gasteiger partial charge is 0.255 e. The maximum atomic E-state index is 13.9. The van der Waals surface area contributed by atoms with E-state index in [-0.39, 0.29) is 16.5 Å². The van der Waals surface area contributed by atoms with Crippen LogP contribution in [-0.4, -0.2) is 31.4 Å². The predicted molar refractivity (Wildman–Crippen MR) is 168 cm³/mol. The number of hydrazone groups is 1. The van der Waals surface area contributed by atoms with E-state index in [9.17, 15) is 13.2 Å². The standard InChI is InChI=1S/C32H31Cl2N3O4S/c1-22-15-23(2)32(24(3)16-22)42(39,40)37(19-26-13-14-28(33)29(34)17-26)20-31(38)36-35-18-27-11-7-8-12-30(27)41-21-25-9-5-4-6-10-25/h4-18H,19-21H2,1-3H3,(H,36,38)/b35-18+. The number of sulfonamides is 1. The molecular formula is C32H31Cl2N3O4S. The molecule has 0 unspecified atom stereocenters. The Morgan fingerprint density at radius 1 is 0.881 bits per heavy atom. The summed E-state index contributed by atoms with van der Waals surface area (Å²) >= 11 is 12.3. The molecular weight excluding hydrogens is 593 g/mol. The average Bonchev–Trinajstić information content (AvgIpc) is 2.94. The van der Waals surface area contributed by atoms with Gasteiger partial charge in [-0.1, -0.05) is 89.4 Å². The van der Waals surface area contributed by atoms with Gasteiger partial charge < -0.3 is 4.74 Å². The Balaban J connectivity index is 1.53. The summed E-state index contributed by atoms with van der Waals surface area (Å²) in [4.78, 5) is 13.2. The summed E-state index contributed by atoms with van der Waals surface area (Å²) in [5, 5.41) is 4.72. The van der Waals surface area contributed by atoms with Gasteiger partial charge in [-0.3, -0.25) is 4.79 Å². The van der Waals surface area contributed by atoms with E-state index in [2.05, 4.69) is 10.5 Å². The van der Waals surface area contributed by atoms with Crippen molar-refractivity contribution < 1.29 is 17.9 Å². The van der Waals surface area contributed by atoms with Crippen molar-refractivity contribution in [1.29, 1.82) is 0 Å². The molecule has 1 N–H and O–H groups in total. The Morgan fingerprint density at radius 3 is 2.24 bits per heavy atom. The Hall–Kier alpha value is -3.69. The van der Waals surface area contributed by atoms with E-state index in [4.69, 9.17) is 27.9 Å². The predicted octanol–water partition coefficient (Wildman–Crippen LogP) is 6.84. The van der Waals surface area contributed by atoms with Crippen molar-refractivity contribution in [1.82, 2.24) is 9.73 Å². The SMILES string of the molecule is Cc1cc(C)c(S(=O)(=O)N(CC(=O)N/N=C/c2ccccc2OCc2ccccc2)Cc2ccc(Cl)c(Cl)c2)c(C)c1. The molecule has 4 rings (SSSR count). The topological polar surface area (TPSA) is 88.1 Å². The third-order valence-electron chi connectivity index (χ3n) is 6.41. The number of aryl methyl sites for hydroxylation is 3. The molecule has 7 nitrogen and oxygen atoms in total. The van der Waals surface area contributed by atoms with Crippen LogP contribution in [0.1, 0.15) is 33.4 Å². The molecule has 0 saturated carbocycles. The highest BCUT2D eigenvalue weighted by atomic mass is 35.5. The number of rotatable bonds is 11. The van der Waals surface area contributed by atoms with E-state index in [0.29, 0.717) is 39.6 Å². The molecule has 0 spiro atoms. The van der Waals surface area contributed by atoms with Gasteiger partial charge in [0, 0.05) is 12.1 Å². The van der Waals surface area contributed by atoms with Crippen molar-refractivity contribution in [3.8, 4) is 5.75 Å². The van der Waals surface area contributed by atoms with E-state index < -0.39 is 22.5 Å². The van der Waals surface area contributed by atoms with Crippen LogP contribution in [-0.2, 0) is 28.0 Å². The molecule has 0 saturated heterocycles. The van der Waals surface area contributed by atoms with E-state index in [0.717, 1.165) is 15.4 Å². The summed E-state index contributed by atoms with van der Waals surface area (Å²) in [5.74, 6) is -0.0199. The van der Waals surface area contributed by atoms with E-state index in [1.807, 2.05) is 55.5 Å². The minimum Gasteiger partial charge on any atom is -0.488 e. The normalized spacial score (nSPS) is 11.7. The second-order valence-electron chi connectivity index (χ2n) is 9.85. The van der Waals surface area contributed by atoms with Crippen LogP contribution < -0.4 is 10.2 Å². The molecule has 0 heterocycles. The Labute approximate surface area is 256 Å². The number of ether oxygens (including phenoxy) is 1. The first kappa shape index (κ1) is 31.3. The lowest BCUT2D eigenvalue weighted by molar-refractivity contribution is -0.121. The molecule has 0 bridgehead atoms. The van der Waals surface area contributed by atoms with Crippen LogP contribution in [0.15, 0.2) is 94.9 Å². The van der Waals surface area contributed by atoms with Gasteiger partial charge in [0.2, 0.25) is 10.0 Å². The van der Waals surface area contributed by atoms with Crippen LogP contribution in [0.5, 0.6) is 5.75 Å². The highest BCUT2D eigenvalue weighted by molar-refractivity contribution is 7.89. The molecule has 0 radical (unpaired) electrons. The summed E-state index contributed by atoms with van der Waals surface area (Å²) in [6.07, 6.45) is 1.46. The van der Waals surface area contributed by atoms with Gasteiger partial charge in [0.05, 0.1) is 27.7 Å². The quantitative estimate of drug-likeness (QED) is 0.146. The van der Waals surface area contributed by atoms with Gasteiger partial charge in [0.25, 0.3) is 5.91 Å². The molecule has 0 aliphatic rings. The fourth-order valence-corrected chi connectivity index (χ4v) is 6.71. The Kier molecular flexibility index (Phi) is 10.4. The zero-order valence-corrected chi connectivity index (χ0v) is 25.8. The zero-order valence-electron chi connectivity index (χ0n) is 23.5. The van der Waals surface area contributed by atoms with E-state index in [1.165, 1.54) is 6.21 Å². The number of hydrogen-bond acceptors (Lipinski definition) is 5. The number of carbonyl (C=O) groups excluding carboxylic acids is 1. The van der Waals surface area contributed by atoms with Crippen LogP contribution in [0.3, 0.4) is 0 Å². The van der Waals surface area contributed by atoms with Gasteiger partial charge in [0.15, 0.2) is 0 Å². The van der Waals surface area contributed by atoms with Crippen LogP contribution in [0.25, 0.3) is 0 Å². The molecule has 42 heavy (non-hydrogen) atoms. The average molecular weight is 625 g/mol. The van der Waals surface area contributed by atoms with Crippen molar-refractivity contribution in [3.05, 3.63) is 128 Å². The molecule has 0 aromatic heterocycles. The second kappa shape index (κ2) is 14.0. The number of amides is 1. The third-order valence-corrected chi connectivity index (χ3v) is 9.25. The first-order chi connectivity index (χ1) is 20.0. The van der Waals surface area contributed by atoms with Gasteiger partial charge in [-0.2, -0.15) is 9.41 Å². The molecule has 1 amide bonds. The molecule has 4 aromatic carbocycles. The van der Waals surface area contributed by atoms with Crippen molar-refractivity contribution in [2.75, 3.05) is 6.54 Å². The van der Waals surface area contributed by atoms with Crippen LogP contribution in [0.4, 0.5) is 0 Å². The molecule has 4 aromatic rings. The maximum absolute atomic E-state index is 13.9. The molecule has 0 aliphatic heterocycles. The summed E-state index contributed by atoms with van der Waals surface area (Å²) in [6.45, 7) is 5.19. The lowest BCUT2D eigenvalue weighted by Gasteiger charge is -2.24. The van der Waals surface area contributed by atoms with Gasteiger partial charge >= 0.3 is 0 Å². The minimum absolute atomic E-state index is 0.0979. The van der Waals surface area contributed by atoms with Gasteiger partial charge in [-0.15, -0.1) is 0 Å². The van der Waals surface area contributed by atoms with Crippen molar-refractivity contribution in [2.24, 2.45) is 5.10 Å². The van der Waals surface area contributed by atoms with Crippen LogP contribution in [0.2, 0.25) is 10.0 Å². The fourth-order valence-electron chi connectivity index (χ4n) is 4.59. The number of nitrogens with zero attached hydrogens (tertiary/aromatic N) is 2. The number of benzene rings is 4. The summed E-state index contributed by atoms with van der Waals surface area (Å²) < 4.78 is 34.9. The Bertz CT molecular complexity index is 1690. The minimum atomic E-state index is -4.09. The van der Waals surface area contributed by atoms with Gasteiger partial charge in [-0.25, -0.2) is 13.8 Å².